The number of aryl methyl sites for hydroxylation is 1. The molecule has 1 aromatic carbocycles. The van der Waals surface area contributed by atoms with Crippen molar-refractivity contribution in [1.82, 2.24) is 9.47 Å². The van der Waals surface area contributed by atoms with E-state index in [1.165, 1.54) is 12.1 Å². The molecule has 0 amide bonds. The summed E-state index contributed by atoms with van der Waals surface area (Å²) in [6, 6.07) is 4.71. The van der Waals surface area contributed by atoms with Crippen LogP contribution in [0.5, 0.6) is 0 Å². The summed E-state index contributed by atoms with van der Waals surface area (Å²) in [4.78, 5) is 14.8. The molecule has 106 valence electrons. The van der Waals surface area contributed by atoms with Crippen LogP contribution < -0.4 is 0 Å². The van der Waals surface area contributed by atoms with Crippen LogP contribution >= 0.6 is 0 Å². The molecule has 0 spiro atoms. The molecule has 1 atom stereocenters. The molecule has 2 aromatic rings. The second-order valence-electron chi connectivity index (χ2n) is 5.90. The number of benzene rings is 1. The zero-order valence-corrected chi connectivity index (χ0v) is 12.1. The lowest BCUT2D eigenvalue weighted by molar-refractivity contribution is 0.0878. The van der Waals surface area contributed by atoms with Crippen molar-refractivity contribution in [2.24, 2.45) is 13.0 Å². The van der Waals surface area contributed by atoms with Crippen LogP contribution in [0.4, 0.5) is 4.39 Å². The van der Waals surface area contributed by atoms with Crippen molar-refractivity contribution < 1.29 is 9.18 Å². The molecule has 0 bridgehead atoms. The molecule has 0 saturated heterocycles. The Hall–Kier alpha value is -1.68. The summed E-state index contributed by atoms with van der Waals surface area (Å²) >= 11 is 0. The van der Waals surface area contributed by atoms with E-state index in [-0.39, 0.29) is 17.5 Å². The number of ketones is 1. The van der Waals surface area contributed by atoms with Gasteiger partial charge in [0.1, 0.15) is 5.82 Å². The quantitative estimate of drug-likeness (QED) is 0.841. The molecule has 0 aliphatic heterocycles. The second kappa shape index (κ2) is 4.70. The van der Waals surface area contributed by atoms with E-state index in [9.17, 15) is 9.18 Å². The van der Waals surface area contributed by atoms with Gasteiger partial charge in [0.15, 0.2) is 5.78 Å². The fraction of sp³-hybridized carbons (Fsp3) is 0.438. The van der Waals surface area contributed by atoms with Crippen molar-refractivity contribution in [3.05, 3.63) is 35.3 Å². The number of rotatable bonds is 2. The number of hydrogen-bond acceptors (Lipinski definition) is 2. The maximum atomic E-state index is 13.5. The summed E-state index contributed by atoms with van der Waals surface area (Å²) in [5.41, 5.74) is 2.72. The molecule has 3 nitrogen and oxygen atoms in total. The first kappa shape index (κ1) is 13.3. The van der Waals surface area contributed by atoms with E-state index in [0.717, 1.165) is 41.5 Å². The first-order chi connectivity index (χ1) is 9.49. The van der Waals surface area contributed by atoms with Gasteiger partial charge in [0.25, 0.3) is 0 Å². The number of Topliss-reactive ketones (excluding diaryl/α,β-unsaturated/α-hetero) is 1. The summed E-state index contributed by atoms with van der Waals surface area (Å²) in [5.74, 6) is -0.101. The SMILES string of the molecule is CN(C)CC1CCc2c(c3cc(F)ccc3n2C)C1=O. The molecule has 20 heavy (non-hydrogen) atoms. The lowest BCUT2D eigenvalue weighted by Gasteiger charge is -2.24. The normalized spacial score (nSPS) is 18.9. The Labute approximate surface area is 118 Å². The van der Waals surface area contributed by atoms with Crippen LogP contribution in [0.2, 0.25) is 0 Å². The van der Waals surface area contributed by atoms with Crippen molar-refractivity contribution in [3.8, 4) is 0 Å². The molecule has 0 N–H and O–H groups in total. The zero-order valence-electron chi connectivity index (χ0n) is 12.1. The van der Waals surface area contributed by atoms with E-state index in [1.807, 2.05) is 30.6 Å². The molecule has 1 aromatic heterocycles. The predicted octanol–water partition coefficient (Wildman–Crippen LogP) is 2.62. The molecule has 0 fully saturated rings. The highest BCUT2D eigenvalue weighted by Crippen LogP contribution is 2.34. The summed E-state index contributed by atoms with van der Waals surface area (Å²) in [6.45, 7) is 0.754. The van der Waals surface area contributed by atoms with Gasteiger partial charge in [-0.2, -0.15) is 0 Å². The van der Waals surface area contributed by atoms with Gasteiger partial charge in [0.2, 0.25) is 0 Å². The Kier molecular flexibility index (Phi) is 3.13. The Balaban J connectivity index is 2.16. The average Bonchev–Trinajstić information content (AvgIpc) is 2.66. The van der Waals surface area contributed by atoms with Gasteiger partial charge in [-0.1, -0.05) is 0 Å². The highest BCUT2D eigenvalue weighted by atomic mass is 19.1. The van der Waals surface area contributed by atoms with E-state index in [2.05, 4.69) is 0 Å². The van der Waals surface area contributed by atoms with Crippen LogP contribution in [0.1, 0.15) is 22.5 Å². The third-order valence-electron chi connectivity index (χ3n) is 4.22. The van der Waals surface area contributed by atoms with Gasteiger partial charge >= 0.3 is 0 Å². The third kappa shape index (κ3) is 1.95. The molecule has 1 unspecified atom stereocenters. The lowest BCUT2D eigenvalue weighted by atomic mass is 9.84. The molecule has 1 aliphatic carbocycles. The topological polar surface area (TPSA) is 25.2 Å². The predicted molar refractivity (Wildman–Crippen MR) is 77.6 cm³/mol. The van der Waals surface area contributed by atoms with Crippen molar-refractivity contribution in [2.75, 3.05) is 20.6 Å². The summed E-state index contributed by atoms with van der Waals surface area (Å²) in [5, 5.41) is 0.760. The minimum Gasteiger partial charge on any atom is -0.347 e. The number of fused-ring (bicyclic) bond motifs is 3. The lowest BCUT2D eigenvalue weighted by Crippen LogP contribution is -2.32. The highest BCUT2D eigenvalue weighted by molar-refractivity contribution is 6.11. The van der Waals surface area contributed by atoms with Crippen molar-refractivity contribution >= 4 is 16.7 Å². The van der Waals surface area contributed by atoms with Gasteiger partial charge in [0.05, 0.1) is 0 Å². The summed E-state index contributed by atoms with van der Waals surface area (Å²) in [7, 11) is 5.91. The monoisotopic (exact) mass is 274 g/mol. The first-order valence-electron chi connectivity index (χ1n) is 6.94. The maximum absolute atomic E-state index is 13.5. The zero-order chi connectivity index (χ0) is 14.4. The molecular weight excluding hydrogens is 255 g/mol. The van der Waals surface area contributed by atoms with Crippen LogP contribution in [0.3, 0.4) is 0 Å². The number of hydrogen-bond donors (Lipinski definition) is 0. The molecule has 0 saturated carbocycles. The Bertz CT molecular complexity index is 687. The Morgan fingerprint density at radius 2 is 2.15 bits per heavy atom. The van der Waals surface area contributed by atoms with Crippen molar-refractivity contribution in [1.29, 1.82) is 0 Å². The average molecular weight is 274 g/mol. The second-order valence-corrected chi connectivity index (χ2v) is 5.90. The van der Waals surface area contributed by atoms with Crippen molar-refractivity contribution in [2.45, 2.75) is 12.8 Å². The van der Waals surface area contributed by atoms with Gasteiger partial charge in [-0.05, 0) is 45.1 Å². The maximum Gasteiger partial charge on any atom is 0.169 e. The standard InChI is InChI=1S/C16H19FN2O/c1-18(2)9-10-4-6-14-15(16(10)20)12-8-11(17)5-7-13(12)19(14)3/h5,7-8,10H,4,6,9H2,1-3H3. The van der Waals surface area contributed by atoms with E-state index in [4.69, 9.17) is 0 Å². The van der Waals surface area contributed by atoms with Crippen LogP contribution in [-0.2, 0) is 13.5 Å². The molecule has 1 heterocycles. The molecule has 3 rings (SSSR count). The Morgan fingerprint density at radius 1 is 1.40 bits per heavy atom. The minimum absolute atomic E-state index is 0.0198. The molecular formula is C16H19FN2O. The first-order valence-corrected chi connectivity index (χ1v) is 6.94. The molecule has 0 radical (unpaired) electrons. The van der Waals surface area contributed by atoms with Crippen LogP contribution in [0, 0.1) is 11.7 Å². The molecule has 1 aliphatic rings. The summed E-state index contributed by atoms with van der Waals surface area (Å²) < 4.78 is 15.6. The van der Waals surface area contributed by atoms with Gasteiger partial charge < -0.3 is 9.47 Å². The van der Waals surface area contributed by atoms with E-state index < -0.39 is 0 Å². The fourth-order valence-corrected chi connectivity index (χ4v) is 3.30. The van der Waals surface area contributed by atoms with Gasteiger partial charge in [-0.15, -0.1) is 0 Å². The number of aromatic nitrogens is 1. The highest BCUT2D eigenvalue weighted by Gasteiger charge is 2.32. The van der Waals surface area contributed by atoms with Crippen LogP contribution in [0.25, 0.3) is 10.9 Å². The van der Waals surface area contributed by atoms with E-state index >= 15 is 0 Å². The number of nitrogens with zero attached hydrogens (tertiary/aromatic N) is 2. The smallest absolute Gasteiger partial charge is 0.169 e. The fourth-order valence-electron chi connectivity index (χ4n) is 3.30. The van der Waals surface area contributed by atoms with Gasteiger partial charge in [-0.3, -0.25) is 4.79 Å². The Morgan fingerprint density at radius 3 is 2.85 bits per heavy atom. The van der Waals surface area contributed by atoms with Crippen LogP contribution in [0.15, 0.2) is 18.2 Å². The largest absolute Gasteiger partial charge is 0.347 e. The van der Waals surface area contributed by atoms with E-state index in [0.29, 0.717) is 0 Å². The summed E-state index contributed by atoms with van der Waals surface area (Å²) in [6.07, 6.45) is 1.75. The van der Waals surface area contributed by atoms with Gasteiger partial charge in [-0.25, -0.2) is 4.39 Å². The number of halogens is 1. The minimum atomic E-state index is -0.284. The number of carbonyl (C=O) groups is 1. The van der Waals surface area contributed by atoms with Crippen LogP contribution in [-0.4, -0.2) is 35.9 Å². The van der Waals surface area contributed by atoms with Crippen molar-refractivity contribution in [3.63, 3.8) is 0 Å². The number of carbonyl (C=O) groups excluding carboxylic acids is 1. The molecule has 4 heteroatoms. The third-order valence-corrected chi connectivity index (χ3v) is 4.22. The van der Waals surface area contributed by atoms with E-state index in [1.54, 1.807) is 6.07 Å². The van der Waals surface area contributed by atoms with Gasteiger partial charge in [0, 0.05) is 41.7 Å².